The van der Waals surface area contributed by atoms with Crippen molar-refractivity contribution in [3.05, 3.63) is 74.1 Å². The van der Waals surface area contributed by atoms with Crippen LogP contribution in [0.2, 0.25) is 0 Å². The molecule has 6 unspecified atom stereocenters. The van der Waals surface area contributed by atoms with E-state index in [-0.39, 0.29) is 78.8 Å². The Bertz CT molecular complexity index is 1960. The molecule has 4 aliphatic rings. The summed E-state index contributed by atoms with van der Waals surface area (Å²) in [6, 6.07) is 4.26. The Morgan fingerprint density at radius 2 is 1.88 bits per heavy atom. The standard InChI is InChI=1S/C35H38N4O13/c1-17-33-21(38(16-50-33)10-12-49-11-9-37-8-7-36-34(37)39(46)47)13-24(51-17)52-23-15-35(45,18(2)40)14-20-26(23)32(44)28-27(30(20)42)29(41)19-5-4-6-22(48-3)25(19)31(28)43/h4-8,17,21,23-24,33,42,44-45H,9-16H2,1-3H3. The molecular weight excluding hydrogens is 684 g/mol. The predicted octanol–water partition coefficient (Wildman–Crippen LogP) is 2.19. The first-order chi connectivity index (χ1) is 24.8. The van der Waals surface area contributed by atoms with Crippen LogP contribution in [0.1, 0.15) is 75.8 Å². The minimum atomic E-state index is -2.03. The number of nitrogens with zero attached hydrogens (tertiary/aromatic N) is 4. The number of aromatic nitrogens is 2. The second-order valence-electron chi connectivity index (χ2n) is 13.4. The number of phenolic OH excluding ortho intramolecular Hbond substituents is 2. The maximum absolute atomic E-state index is 13.9. The van der Waals surface area contributed by atoms with Crippen molar-refractivity contribution < 1.29 is 58.3 Å². The molecule has 0 amide bonds. The minimum Gasteiger partial charge on any atom is -0.507 e. The van der Waals surface area contributed by atoms with E-state index in [0.29, 0.717) is 13.2 Å². The molecule has 2 aromatic carbocycles. The number of phenols is 2. The number of aromatic hydroxyl groups is 2. The molecule has 1 aromatic heterocycles. The first-order valence-corrected chi connectivity index (χ1v) is 16.8. The molecule has 2 aliphatic heterocycles. The number of imidazole rings is 1. The van der Waals surface area contributed by atoms with E-state index in [1.165, 1.54) is 49.2 Å². The molecule has 17 heteroatoms. The molecule has 3 aromatic rings. The van der Waals surface area contributed by atoms with Gasteiger partial charge < -0.3 is 49.1 Å². The third kappa shape index (κ3) is 5.92. The Kier molecular flexibility index (Phi) is 9.35. The van der Waals surface area contributed by atoms with Gasteiger partial charge in [0.05, 0.1) is 62.5 Å². The van der Waals surface area contributed by atoms with Crippen LogP contribution in [-0.4, -0.2) is 116 Å². The number of carbonyl (C=O) groups is 3. The zero-order chi connectivity index (χ0) is 37.1. The van der Waals surface area contributed by atoms with Crippen molar-refractivity contribution in [2.75, 3.05) is 33.6 Å². The van der Waals surface area contributed by atoms with Gasteiger partial charge in [-0.05, 0) is 24.8 Å². The van der Waals surface area contributed by atoms with Gasteiger partial charge in [-0.2, -0.15) is 0 Å². The average Bonchev–Trinajstić information content (AvgIpc) is 3.75. The van der Waals surface area contributed by atoms with Crippen LogP contribution in [-0.2, 0) is 36.7 Å². The lowest BCUT2D eigenvalue weighted by molar-refractivity contribution is -0.396. The average molecular weight is 723 g/mol. The summed E-state index contributed by atoms with van der Waals surface area (Å²) in [7, 11) is 1.34. The van der Waals surface area contributed by atoms with Crippen LogP contribution in [0.25, 0.3) is 0 Å². The number of aliphatic hydroxyl groups is 1. The van der Waals surface area contributed by atoms with E-state index < -0.39 is 75.4 Å². The van der Waals surface area contributed by atoms with Crippen LogP contribution in [0.15, 0.2) is 30.6 Å². The molecule has 0 bridgehead atoms. The first kappa shape index (κ1) is 35.6. The highest BCUT2D eigenvalue weighted by atomic mass is 16.7. The third-order valence-electron chi connectivity index (χ3n) is 10.4. The summed E-state index contributed by atoms with van der Waals surface area (Å²) in [6.07, 6.45) is -0.568. The van der Waals surface area contributed by atoms with Gasteiger partial charge in [-0.15, -0.1) is 0 Å². The quantitative estimate of drug-likeness (QED) is 0.0874. The molecule has 7 rings (SSSR count). The number of ketones is 3. The van der Waals surface area contributed by atoms with Crippen molar-refractivity contribution in [2.24, 2.45) is 0 Å². The van der Waals surface area contributed by atoms with Gasteiger partial charge in [0.1, 0.15) is 41.3 Å². The fraction of sp³-hybridized carbons (Fsp3) is 0.486. The van der Waals surface area contributed by atoms with Gasteiger partial charge in [0.25, 0.3) is 0 Å². The molecule has 2 saturated heterocycles. The summed E-state index contributed by atoms with van der Waals surface area (Å²) < 4.78 is 31.2. The third-order valence-corrected chi connectivity index (χ3v) is 10.4. The number of hydrogen-bond donors (Lipinski definition) is 3. The number of fused-ring (bicyclic) bond motifs is 4. The fourth-order valence-corrected chi connectivity index (χ4v) is 7.80. The number of carbonyl (C=O) groups excluding carboxylic acids is 3. The van der Waals surface area contributed by atoms with Gasteiger partial charge >= 0.3 is 5.95 Å². The number of benzene rings is 2. The highest BCUT2D eigenvalue weighted by Crippen LogP contribution is 2.52. The maximum Gasteiger partial charge on any atom is 0.434 e. The van der Waals surface area contributed by atoms with Crippen LogP contribution >= 0.6 is 0 Å². The van der Waals surface area contributed by atoms with Crippen molar-refractivity contribution in [1.29, 1.82) is 0 Å². The van der Waals surface area contributed by atoms with Gasteiger partial charge in [-0.25, -0.2) is 4.57 Å². The Labute approximate surface area is 296 Å². The largest absolute Gasteiger partial charge is 0.507 e. The molecule has 6 atom stereocenters. The number of methoxy groups -OCH3 is 1. The van der Waals surface area contributed by atoms with Crippen molar-refractivity contribution in [3.63, 3.8) is 0 Å². The number of rotatable bonds is 11. The van der Waals surface area contributed by atoms with Crippen LogP contribution in [0.3, 0.4) is 0 Å². The molecule has 276 valence electrons. The summed E-state index contributed by atoms with van der Waals surface area (Å²) in [5.41, 5.74) is -3.06. The highest BCUT2D eigenvalue weighted by Gasteiger charge is 2.51. The lowest BCUT2D eigenvalue weighted by Gasteiger charge is -2.42. The molecular formula is C35H38N4O13. The molecule has 3 N–H and O–H groups in total. The van der Waals surface area contributed by atoms with Crippen LogP contribution in [0.5, 0.6) is 17.2 Å². The van der Waals surface area contributed by atoms with Crippen molar-refractivity contribution in [1.82, 2.24) is 14.5 Å². The Hall–Kier alpha value is -4.78. The van der Waals surface area contributed by atoms with Crippen LogP contribution in [0, 0.1) is 10.1 Å². The second-order valence-corrected chi connectivity index (χ2v) is 13.4. The minimum absolute atomic E-state index is 0.0213. The SMILES string of the molecule is COc1cccc2c1C(=O)c1c(O)c3c(c(O)c1C2=O)CC(O)(C(C)=O)CC3OC1CC2C(OCN2CCOCCn2ccnc2[N+](=O)[O-])C(C)O1. The number of hydrogen-bond acceptors (Lipinski definition) is 15. The van der Waals surface area contributed by atoms with E-state index in [0.717, 1.165) is 0 Å². The van der Waals surface area contributed by atoms with Crippen LogP contribution in [0.4, 0.5) is 5.95 Å². The summed E-state index contributed by atoms with van der Waals surface area (Å²) in [6.45, 7) is 4.54. The molecule has 3 heterocycles. The normalized spacial score (nSPS) is 26.7. The Morgan fingerprint density at radius 3 is 2.62 bits per heavy atom. The van der Waals surface area contributed by atoms with Crippen molar-refractivity contribution in [2.45, 2.75) is 75.9 Å². The fourth-order valence-electron chi connectivity index (χ4n) is 7.80. The highest BCUT2D eigenvalue weighted by molar-refractivity contribution is 6.31. The summed E-state index contributed by atoms with van der Waals surface area (Å²) in [5.74, 6) is -3.45. The monoisotopic (exact) mass is 722 g/mol. The Balaban J connectivity index is 1.13. The van der Waals surface area contributed by atoms with Gasteiger partial charge in [0.15, 0.2) is 17.9 Å². The zero-order valence-corrected chi connectivity index (χ0v) is 28.6. The lowest BCUT2D eigenvalue weighted by atomic mass is 9.72. The van der Waals surface area contributed by atoms with Gasteiger partial charge in [0, 0.05) is 48.5 Å². The topological polar surface area (TPSA) is 222 Å². The first-order valence-electron chi connectivity index (χ1n) is 16.8. The summed E-state index contributed by atoms with van der Waals surface area (Å²) in [4.78, 5) is 56.8. The van der Waals surface area contributed by atoms with Gasteiger partial charge in [-0.3, -0.25) is 19.3 Å². The summed E-state index contributed by atoms with van der Waals surface area (Å²) in [5, 5.41) is 46.0. The van der Waals surface area contributed by atoms with E-state index >= 15 is 0 Å². The van der Waals surface area contributed by atoms with E-state index in [4.69, 9.17) is 23.7 Å². The molecule has 52 heavy (non-hydrogen) atoms. The number of Topliss-reactive ketones (excluding diaryl/α,β-unsaturated/α-hetero) is 1. The van der Waals surface area contributed by atoms with Crippen molar-refractivity contribution >= 4 is 23.3 Å². The molecule has 2 aliphatic carbocycles. The molecule has 0 saturated carbocycles. The van der Waals surface area contributed by atoms with E-state index in [1.54, 1.807) is 0 Å². The zero-order valence-electron chi connectivity index (χ0n) is 28.6. The molecule has 2 fully saturated rings. The van der Waals surface area contributed by atoms with E-state index in [2.05, 4.69) is 9.88 Å². The molecule has 17 nitrogen and oxygen atoms in total. The predicted molar refractivity (Wildman–Crippen MR) is 176 cm³/mol. The number of ether oxygens (including phenoxy) is 5. The lowest BCUT2D eigenvalue weighted by Crippen LogP contribution is -2.51. The van der Waals surface area contributed by atoms with Gasteiger partial charge in [0.2, 0.25) is 5.78 Å². The van der Waals surface area contributed by atoms with Crippen LogP contribution < -0.4 is 4.74 Å². The molecule has 0 radical (unpaired) electrons. The molecule has 0 spiro atoms. The van der Waals surface area contributed by atoms with Crippen molar-refractivity contribution in [3.8, 4) is 17.2 Å². The van der Waals surface area contributed by atoms with Gasteiger partial charge in [-0.1, -0.05) is 17.1 Å². The Morgan fingerprint density at radius 1 is 1.13 bits per heavy atom. The second kappa shape index (κ2) is 13.6. The van der Waals surface area contributed by atoms with E-state index in [1.807, 2.05) is 6.92 Å². The number of nitro groups is 1. The maximum atomic E-state index is 13.9. The summed E-state index contributed by atoms with van der Waals surface area (Å²) >= 11 is 0. The van der Waals surface area contributed by atoms with E-state index in [9.17, 15) is 39.8 Å². The smallest absolute Gasteiger partial charge is 0.434 e.